The van der Waals surface area contributed by atoms with Crippen molar-refractivity contribution in [3.63, 3.8) is 0 Å². The molecule has 0 saturated heterocycles. The van der Waals surface area contributed by atoms with Crippen LogP contribution in [0.25, 0.3) is 21.5 Å². The van der Waals surface area contributed by atoms with Gasteiger partial charge in [-0.1, -0.05) is 72.8 Å². The van der Waals surface area contributed by atoms with Gasteiger partial charge in [0.15, 0.2) is 0 Å². The molecular weight excluding hydrogens is 506 g/mol. The third-order valence-electron chi connectivity index (χ3n) is 8.04. The van der Waals surface area contributed by atoms with Crippen LogP contribution in [0.2, 0.25) is 0 Å². The molecule has 0 aromatic heterocycles. The Morgan fingerprint density at radius 1 is 0.780 bits per heavy atom. The van der Waals surface area contributed by atoms with Gasteiger partial charge in [-0.15, -0.1) is 0 Å². The summed E-state index contributed by atoms with van der Waals surface area (Å²) in [6.45, 7) is 0.795. The molecule has 0 saturated carbocycles. The summed E-state index contributed by atoms with van der Waals surface area (Å²) in [6.07, 6.45) is 12.0. The van der Waals surface area contributed by atoms with E-state index < -0.39 is 0 Å². The SMILES string of the molecule is Nc1cccc2c1ccc1c3c(ccc12)CCCC3.O=[N+]([O-])c1cccc(CC2=CC=CN(c3ccccc3)C2)c1. The molecule has 0 unspecified atom stereocenters. The maximum atomic E-state index is 10.9. The summed E-state index contributed by atoms with van der Waals surface area (Å²) in [4.78, 5) is 12.7. The van der Waals surface area contributed by atoms with Gasteiger partial charge in [-0.2, -0.15) is 0 Å². The molecule has 0 bridgehead atoms. The highest BCUT2D eigenvalue weighted by atomic mass is 16.6. The molecule has 0 fully saturated rings. The number of anilines is 2. The molecule has 5 aromatic carbocycles. The van der Waals surface area contributed by atoms with Gasteiger partial charge >= 0.3 is 0 Å². The first kappa shape index (κ1) is 26.3. The Labute approximate surface area is 240 Å². The highest BCUT2D eigenvalue weighted by Gasteiger charge is 2.14. The maximum absolute atomic E-state index is 10.9. The van der Waals surface area contributed by atoms with E-state index >= 15 is 0 Å². The third kappa shape index (κ3) is 5.71. The van der Waals surface area contributed by atoms with Crippen molar-refractivity contribution in [3.8, 4) is 0 Å². The molecule has 7 rings (SSSR count). The summed E-state index contributed by atoms with van der Waals surface area (Å²) in [5.74, 6) is 0. The minimum absolute atomic E-state index is 0.143. The van der Waals surface area contributed by atoms with Crippen molar-refractivity contribution >= 4 is 38.6 Å². The van der Waals surface area contributed by atoms with E-state index in [9.17, 15) is 10.1 Å². The van der Waals surface area contributed by atoms with Crippen molar-refractivity contribution in [3.05, 3.63) is 148 Å². The van der Waals surface area contributed by atoms with Gasteiger partial charge in [-0.3, -0.25) is 10.1 Å². The zero-order valence-corrected chi connectivity index (χ0v) is 23.0. The molecule has 1 aliphatic carbocycles. The number of aryl methyl sites for hydroxylation is 2. The lowest BCUT2D eigenvalue weighted by molar-refractivity contribution is -0.384. The lowest BCUT2D eigenvalue weighted by Crippen LogP contribution is -2.22. The minimum atomic E-state index is -0.352. The van der Waals surface area contributed by atoms with Crippen LogP contribution in [0.4, 0.5) is 17.1 Å². The highest BCUT2D eigenvalue weighted by molar-refractivity contribution is 6.12. The standard InChI is InChI=1S/C18H16N2O2.C18H17N/c21-20(22)18-10-4-6-15(13-18)12-16-7-5-11-19(14-16)17-8-2-1-3-9-17;19-18-7-3-6-14-16-9-8-12-4-1-2-5-13(12)15(16)10-11-17(14)18/h1-11,13H,12,14H2;3,6-11H,1-2,4-5,19H2. The number of nitrogens with zero attached hydrogens (tertiary/aromatic N) is 2. The van der Waals surface area contributed by atoms with Gasteiger partial charge in [0.1, 0.15) is 0 Å². The summed E-state index contributed by atoms with van der Waals surface area (Å²) in [5, 5.41) is 16.1. The normalized spacial score (nSPS) is 14.2. The molecule has 5 nitrogen and oxygen atoms in total. The van der Waals surface area contributed by atoms with Crippen molar-refractivity contribution in [2.75, 3.05) is 17.2 Å². The first-order chi connectivity index (χ1) is 20.1. The van der Waals surface area contributed by atoms with E-state index in [4.69, 9.17) is 5.73 Å². The quantitative estimate of drug-likeness (QED) is 0.107. The fourth-order valence-corrected chi connectivity index (χ4v) is 6.01. The number of para-hydroxylation sites is 1. The lowest BCUT2D eigenvalue weighted by Gasteiger charge is -2.25. The summed E-state index contributed by atoms with van der Waals surface area (Å²) in [7, 11) is 0. The monoisotopic (exact) mass is 539 g/mol. The van der Waals surface area contributed by atoms with Gasteiger partial charge in [0.2, 0.25) is 0 Å². The van der Waals surface area contributed by atoms with Crippen molar-refractivity contribution in [1.29, 1.82) is 0 Å². The van der Waals surface area contributed by atoms with Gasteiger partial charge in [0.25, 0.3) is 5.69 Å². The second-order valence-electron chi connectivity index (χ2n) is 10.7. The number of nitro groups is 1. The number of rotatable bonds is 4. The van der Waals surface area contributed by atoms with Crippen molar-refractivity contribution in [2.45, 2.75) is 32.1 Å². The number of hydrogen-bond acceptors (Lipinski definition) is 4. The van der Waals surface area contributed by atoms with Gasteiger partial charge in [0, 0.05) is 41.6 Å². The molecule has 41 heavy (non-hydrogen) atoms. The summed E-state index contributed by atoms with van der Waals surface area (Å²) < 4.78 is 0. The maximum Gasteiger partial charge on any atom is 0.269 e. The fraction of sp³-hybridized carbons (Fsp3) is 0.167. The number of allylic oxidation sites excluding steroid dienone is 2. The fourth-order valence-electron chi connectivity index (χ4n) is 6.01. The summed E-state index contributed by atoms with van der Waals surface area (Å²) in [6, 6.07) is 32.3. The van der Waals surface area contributed by atoms with Crippen LogP contribution in [0, 0.1) is 10.1 Å². The van der Waals surface area contributed by atoms with Gasteiger partial charge in [-0.25, -0.2) is 0 Å². The lowest BCUT2D eigenvalue weighted by atomic mass is 9.86. The van der Waals surface area contributed by atoms with Crippen LogP contribution in [0.5, 0.6) is 0 Å². The number of nitrogens with two attached hydrogens (primary N) is 1. The molecule has 0 amide bonds. The van der Waals surface area contributed by atoms with E-state index in [0.29, 0.717) is 0 Å². The van der Waals surface area contributed by atoms with Gasteiger partial charge in [0.05, 0.1) is 4.92 Å². The van der Waals surface area contributed by atoms with E-state index in [-0.39, 0.29) is 10.6 Å². The van der Waals surface area contributed by atoms with Crippen LogP contribution < -0.4 is 10.6 Å². The third-order valence-corrected chi connectivity index (χ3v) is 8.04. The number of nitro benzene ring substituents is 1. The minimum Gasteiger partial charge on any atom is -0.398 e. The Balaban J connectivity index is 0.000000149. The molecule has 0 atom stereocenters. The molecule has 5 aromatic rings. The Hall–Kier alpha value is -4.90. The van der Waals surface area contributed by atoms with E-state index in [1.165, 1.54) is 58.9 Å². The van der Waals surface area contributed by atoms with Crippen molar-refractivity contribution in [1.82, 2.24) is 0 Å². The van der Waals surface area contributed by atoms with Crippen LogP contribution in [-0.2, 0) is 19.3 Å². The Kier molecular flexibility index (Phi) is 7.50. The van der Waals surface area contributed by atoms with Gasteiger partial charge < -0.3 is 10.6 Å². The summed E-state index contributed by atoms with van der Waals surface area (Å²) >= 11 is 0. The van der Waals surface area contributed by atoms with Crippen LogP contribution in [-0.4, -0.2) is 11.5 Å². The number of hydrogen-bond donors (Lipinski definition) is 1. The molecule has 2 aliphatic rings. The van der Waals surface area contributed by atoms with E-state index in [0.717, 1.165) is 29.9 Å². The molecule has 2 N–H and O–H groups in total. The largest absolute Gasteiger partial charge is 0.398 e. The average Bonchev–Trinajstić information content (AvgIpc) is 3.02. The number of non-ortho nitro benzene ring substituents is 1. The molecular formula is C36H33N3O2. The molecule has 1 heterocycles. The zero-order valence-electron chi connectivity index (χ0n) is 23.0. The van der Waals surface area contributed by atoms with Crippen LogP contribution in [0.1, 0.15) is 29.5 Å². The Bertz CT molecular complexity index is 1790. The first-order valence-electron chi connectivity index (χ1n) is 14.2. The molecule has 1 aliphatic heterocycles. The smallest absolute Gasteiger partial charge is 0.269 e. The van der Waals surface area contributed by atoms with E-state index in [1.807, 2.05) is 42.6 Å². The predicted molar refractivity (Wildman–Crippen MR) is 170 cm³/mol. The molecule has 5 heteroatoms. The highest BCUT2D eigenvalue weighted by Crippen LogP contribution is 2.34. The van der Waals surface area contributed by atoms with E-state index in [2.05, 4.69) is 59.5 Å². The topological polar surface area (TPSA) is 72.4 Å². The van der Waals surface area contributed by atoms with Crippen LogP contribution in [0.15, 0.2) is 121 Å². The van der Waals surface area contributed by atoms with E-state index in [1.54, 1.807) is 23.3 Å². The van der Waals surface area contributed by atoms with Gasteiger partial charge in [-0.05, 0) is 94.8 Å². The number of nitrogen functional groups attached to an aromatic ring is 1. The van der Waals surface area contributed by atoms with Crippen LogP contribution >= 0.6 is 0 Å². The van der Waals surface area contributed by atoms with Crippen molar-refractivity contribution in [2.24, 2.45) is 0 Å². The Morgan fingerprint density at radius 3 is 2.39 bits per heavy atom. The van der Waals surface area contributed by atoms with Crippen molar-refractivity contribution < 1.29 is 4.92 Å². The second-order valence-corrected chi connectivity index (χ2v) is 10.7. The Morgan fingerprint density at radius 2 is 1.54 bits per heavy atom. The van der Waals surface area contributed by atoms with Crippen LogP contribution in [0.3, 0.4) is 0 Å². The average molecular weight is 540 g/mol. The summed E-state index contributed by atoms with van der Waals surface area (Å²) in [5.41, 5.74) is 13.5. The second kappa shape index (κ2) is 11.7. The first-order valence-corrected chi connectivity index (χ1v) is 14.2. The number of benzene rings is 5. The molecule has 0 spiro atoms. The molecule has 0 radical (unpaired) electrons. The zero-order chi connectivity index (χ0) is 28.2. The number of fused-ring (bicyclic) bond motifs is 5. The molecule has 204 valence electrons. The predicted octanol–water partition coefficient (Wildman–Crippen LogP) is 8.55.